The second-order valence-electron chi connectivity index (χ2n) is 5.74. The summed E-state index contributed by atoms with van der Waals surface area (Å²) in [6, 6.07) is 0. The van der Waals surface area contributed by atoms with Crippen LogP contribution in [-0.2, 0) is 5.41 Å². The van der Waals surface area contributed by atoms with Gasteiger partial charge in [-0.15, -0.1) is 0 Å². The first-order chi connectivity index (χ1) is 7.39. The van der Waals surface area contributed by atoms with Crippen molar-refractivity contribution >= 4 is 16.7 Å². The van der Waals surface area contributed by atoms with Gasteiger partial charge < -0.3 is 11.1 Å². The number of hydrogen-bond donors (Lipinski definition) is 2. The van der Waals surface area contributed by atoms with Crippen LogP contribution in [0.5, 0.6) is 0 Å². The monoisotopic (exact) mass is 240 g/mol. The molecule has 1 aromatic heterocycles. The van der Waals surface area contributed by atoms with Gasteiger partial charge in [-0.3, -0.25) is 0 Å². The van der Waals surface area contributed by atoms with Crippen molar-refractivity contribution < 1.29 is 0 Å². The van der Waals surface area contributed by atoms with Gasteiger partial charge in [-0.1, -0.05) is 20.8 Å². The average molecular weight is 240 g/mol. The van der Waals surface area contributed by atoms with Crippen LogP contribution in [-0.4, -0.2) is 21.4 Å². The largest absolute Gasteiger partial charge is 0.358 e. The summed E-state index contributed by atoms with van der Waals surface area (Å²) in [6.45, 7) is 7.17. The molecule has 1 heterocycles. The number of nitrogens with one attached hydrogen (secondary N) is 1. The molecule has 0 radical (unpaired) electrons. The van der Waals surface area contributed by atoms with Crippen LogP contribution in [0, 0.1) is 0 Å². The van der Waals surface area contributed by atoms with Gasteiger partial charge in [-0.2, -0.15) is 4.37 Å². The molecule has 2 rings (SSSR count). The van der Waals surface area contributed by atoms with Crippen LogP contribution in [0.2, 0.25) is 0 Å². The Kier molecular flexibility index (Phi) is 2.92. The molecule has 1 aliphatic rings. The van der Waals surface area contributed by atoms with E-state index in [2.05, 4.69) is 35.4 Å². The maximum atomic E-state index is 6.14. The van der Waals surface area contributed by atoms with E-state index in [0.717, 1.165) is 30.3 Å². The average Bonchev–Trinajstić information content (AvgIpc) is 2.59. The summed E-state index contributed by atoms with van der Waals surface area (Å²) in [5, 5.41) is 4.19. The standard InChI is InChI=1S/C11H20N4S/c1-10(2,3)8-14-9(16-15-8)13-7-11(12)5-4-6-11/h4-7,12H2,1-3H3,(H,13,14,15). The fraction of sp³-hybridized carbons (Fsp3) is 0.818. The van der Waals surface area contributed by atoms with Gasteiger partial charge in [0.25, 0.3) is 0 Å². The molecule has 0 saturated heterocycles. The molecule has 1 saturated carbocycles. The van der Waals surface area contributed by atoms with E-state index in [1.54, 1.807) is 0 Å². The minimum absolute atomic E-state index is 0.00638. The van der Waals surface area contributed by atoms with Crippen LogP contribution in [0.25, 0.3) is 0 Å². The highest BCUT2D eigenvalue weighted by Gasteiger charge is 2.32. The lowest BCUT2D eigenvalue weighted by molar-refractivity contribution is 0.265. The fourth-order valence-electron chi connectivity index (χ4n) is 1.66. The third kappa shape index (κ3) is 2.52. The van der Waals surface area contributed by atoms with Gasteiger partial charge in [0.2, 0.25) is 5.13 Å². The van der Waals surface area contributed by atoms with Crippen LogP contribution >= 0.6 is 11.5 Å². The summed E-state index contributed by atoms with van der Waals surface area (Å²) in [4.78, 5) is 4.48. The van der Waals surface area contributed by atoms with E-state index >= 15 is 0 Å². The van der Waals surface area contributed by atoms with Gasteiger partial charge in [0.15, 0.2) is 0 Å². The zero-order valence-electron chi connectivity index (χ0n) is 10.2. The fourth-order valence-corrected chi connectivity index (χ4v) is 2.41. The second-order valence-corrected chi connectivity index (χ2v) is 6.49. The van der Waals surface area contributed by atoms with Crippen molar-refractivity contribution in [3.8, 4) is 0 Å². The smallest absolute Gasteiger partial charge is 0.202 e. The molecule has 5 heteroatoms. The van der Waals surface area contributed by atoms with Gasteiger partial charge in [0, 0.05) is 29.0 Å². The van der Waals surface area contributed by atoms with Gasteiger partial charge in [-0.25, -0.2) is 4.98 Å². The Balaban J connectivity index is 1.93. The molecule has 0 unspecified atom stereocenters. The Hall–Kier alpha value is -0.680. The first-order valence-electron chi connectivity index (χ1n) is 5.76. The van der Waals surface area contributed by atoms with Crippen molar-refractivity contribution in [2.24, 2.45) is 5.73 Å². The lowest BCUT2D eigenvalue weighted by Gasteiger charge is -2.37. The molecule has 3 N–H and O–H groups in total. The van der Waals surface area contributed by atoms with Crippen molar-refractivity contribution in [3.05, 3.63) is 5.82 Å². The number of nitrogens with zero attached hydrogens (tertiary/aromatic N) is 2. The lowest BCUT2D eigenvalue weighted by atomic mass is 9.78. The van der Waals surface area contributed by atoms with Gasteiger partial charge in [0.05, 0.1) is 0 Å². The molecule has 1 aromatic rings. The number of hydrogen-bond acceptors (Lipinski definition) is 5. The summed E-state index contributed by atoms with van der Waals surface area (Å²) in [5.41, 5.74) is 6.15. The summed E-state index contributed by atoms with van der Waals surface area (Å²) in [7, 11) is 0. The Morgan fingerprint density at radius 2 is 2.12 bits per heavy atom. The summed E-state index contributed by atoms with van der Waals surface area (Å²) >= 11 is 1.42. The second kappa shape index (κ2) is 3.96. The van der Waals surface area contributed by atoms with Crippen molar-refractivity contribution in [1.29, 1.82) is 0 Å². The van der Waals surface area contributed by atoms with Crippen molar-refractivity contribution in [2.75, 3.05) is 11.9 Å². The first kappa shape index (κ1) is 11.8. The molecule has 1 fully saturated rings. The topological polar surface area (TPSA) is 63.8 Å². The molecule has 0 atom stereocenters. The highest BCUT2D eigenvalue weighted by Crippen LogP contribution is 2.30. The molecular formula is C11H20N4S. The van der Waals surface area contributed by atoms with E-state index in [9.17, 15) is 0 Å². The number of nitrogens with two attached hydrogens (primary N) is 1. The number of aromatic nitrogens is 2. The Labute approximate surface area is 101 Å². The first-order valence-corrected chi connectivity index (χ1v) is 6.53. The minimum atomic E-state index is -0.00638. The highest BCUT2D eigenvalue weighted by molar-refractivity contribution is 7.09. The van der Waals surface area contributed by atoms with Crippen LogP contribution in [0.3, 0.4) is 0 Å². The Morgan fingerprint density at radius 1 is 1.44 bits per heavy atom. The van der Waals surface area contributed by atoms with Crippen LogP contribution < -0.4 is 11.1 Å². The Morgan fingerprint density at radius 3 is 2.56 bits per heavy atom. The zero-order chi connectivity index (χ0) is 11.8. The van der Waals surface area contributed by atoms with E-state index in [-0.39, 0.29) is 11.0 Å². The SMILES string of the molecule is CC(C)(C)c1nsc(NCC2(N)CCC2)n1. The molecule has 0 aromatic carbocycles. The third-order valence-corrected chi connectivity index (χ3v) is 3.71. The van der Waals surface area contributed by atoms with Crippen molar-refractivity contribution in [3.63, 3.8) is 0 Å². The maximum absolute atomic E-state index is 6.14. The van der Waals surface area contributed by atoms with E-state index in [0.29, 0.717) is 0 Å². The molecule has 90 valence electrons. The van der Waals surface area contributed by atoms with Crippen LogP contribution in [0.15, 0.2) is 0 Å². The minimum Gasteiger partial charge on any atom is -0.358 e. The third-order valence-electron chi connectivity index (χ3n) is 3.04. The molecule has 0 aliphatic heterocycles. The summed E-state index contributed by atoms with van der Waals surface area (Å²) in [6.07, 6.45) is 3.48. The van der Waals surface area contributed by atoms with Gasteiger partial charge in [-0.05, 0) is 19.3 Å². The van der Waals surface area contributed by atoms with E-state index in [1.807, 2.05) is 0 Å². The number of rotatable bonds is 3. The molecule has 4 nitrogen and oxygen atoms in total. The quantitative estimate of drug-likeness (QED) is 0.849. The van der Waals surface area contributed by atoms with Gasteiger partial charge in [0.1, 0.15) is 5.82 Å². The number of anilines is 1. The highest BCUT2D eigenvalue weighted by atomic mass is 32.1. The van der Waals surface area contributed by atoms with Gasteiger partial charge >= 0.3 is 0 Å². The zero-order valence-corrected chi connectivity index (χ0v) is 11.0. The molecule has 0 bridgehead atoms. The maximum Gasteiger partial charge on any atom is 0.202 e. The molecule has 0 spiro atoms. The van der Waals surface area contributed by atoms with Crippen LogP contribution in [0.1, 0.15) is 45.9 Å². The predicted molar refractivity (Wildman–Crippen MR) is 67.9 cm³/mol. The predicted octanol–water partition coefficient (Wildman–Crippen LogP) is 2.13. The molecule has 1 aliphatic carbocycles. The Bertz CT molecular complexity index is 362. The van der Waals surface area contributed by atoms with Crippen molar-refractivity contribution in [1.82, 2.24) is 9.36 Å². The summed E-state index contributed by atoms with van der Waals surface area (Å²) in [5.74, 6) is 0.902. The van der Waals surface area contributed by atoms with E-state index in [1.165, 1.54) is 18.0 Å². The molecule has 16 heavy (non-hydrogen) atoms. The normalized spacial score (nSPS) is 19.2. The van der Waals surface area contributed by atoms with E-state index < -0.39 is 0 Å². The van der Waals surface area contributed by atoms with Crippen molar-refractivity contribution in [2.45, 2.75) is 51.0 Å². The molecular weight excluding hydrogens is 220 g/mol. The van der Waals surface area contributed by atoms with E-state index in [4.69, 9.17) is 5.73 Å². The lowest BCUT2D eigenvalue weighted by Crippen LogP contribution is -2.51. The summed E-state index contributed by atoms with van der Waals surface area (Å²) < 4.78 is 4.36. The van der Waals surface area contributed by atoms with Crippen LogP contribution in [0.4, 0.5) is 5.13 Å². The molecule has 0 amide bonds.